The van der Waals surface area contributed by atoms with Gasteiger partial charge >= 0.3 is 0 Å². The smallest absolute Gasteiger partial charge is 0.134 e. The first kappa shape index (κ1) is 17.6. The lowest BCUT2D eigenvalue weighted by atomic mass is 9.99. The lowest BCUT2D eigenvalue weighted by molar-refractivity contribution is 0.208. The van der Waals surface area contributed by atoms with E-state index >= 15 is 0 Å². The number of benzene rings is 1. The van der Waals surface area contributed by atoms with Gasteiger partial charge in [-0.15, -0.1) is 0 Å². The summed E-state index contributed by atoms with van der Waals surface area (Å²) in [6.07, 6.45) is 4.65. The van der Waals surface area contributed by atoms with Crippen LogP contribution in [0.3, 0.4) is 0 Å². The van der Waals surface area contributed by atoms with Crippen LogP contribution in [0.1, 0.15) is 24.0 Å². The predicted octanol–water partition coefficient (Wildman–Crippen LogP) is 1.83. The molecule has 1 unspecified atom stereocenters. The summed E-state index contributed by atoms with van der Waals surface area (Å²) in [6.45, 7) is 2.93. The Labute approximate surface area is 148 Å². The second kappa shape index (κ2) is 8.78. The largest absolute Gasteiger partial charge is 0.396 e. The number of aliphatic hydroxyl groups is 2. The number of aromatic nitrogens is 2. The van der Waals surface area contributed by atoms with Crippen molar-refractivity contribution >= 4 is 11.6 Å². The minimum absolute atomic E-state index is 0.0792. The summed E-state index contributed by atoms with van der Waals surface area (Å²) >= 11 is 0. The minimum Gasteiger partial charge on any atom is -0.396 e. The molecule has 134 valence electrons. The molecule has 2 heterocycles. The molecule has 6 nitrogen and oxygen atoms in total. The molecule has 2 aromatic rings. The average Bonchev–Trinajstić information content (AvgIpc) is 2.69. The second-order valence-electron chi connectivity index (χ2n) is 6.55. The molecule has 1 aromatic carbocycles. The number of hydrogen-bond acceptors (Lipinski definition) is 6. The van der Waals surface area contributed by atoms with E-state index in [1.54, 1.807) is 6.33 Å². The third-order valence-electron chi connectivity index (χ3n) is 4.68. The van der Waals surface area contributed by atoms with Gasteiger partial charge in [0.25, 0.3) is 0 Å². The first-order valence-corrected chi connectivity index (χ1v) is 8.89. The summed E-state index contributed by atoms with van der Waals surface area (Å²) in [6, 6.07) is 9.97. The molecule has 0 saturated carbocycles. The van der Waals surface area contributed by atoms with Gasteiger partial charge in [-0.3, -0.25) is 0 Å². The summed E-state index contributed by atoms with van der Waals surface area (Å²) < 4.78 is 0. The SMILES string of the molecule is OCc1ccc(CCNc2cc(N3CCCC(CO)C3)ncn2)cc1. The van der Waals surface area contributed by atoms with Crippen LogP contribution in [0.4, 0.5) is 11.6 Å². The van der Waals surface area contributed by atoms with E-state index in [4.69, 9.17) is 5.11 Å². The Morgan fingerprint density at radius 1 is 1.12 bits per heavy atom. The van der Waals surface area contributed by atoms with E-state index in [0.29, 0.717) is 5.92 Å². The average molecular weight is 342 g/mol. The van der Waals surface area contributed by atoms with Gasteiger partial charge in [-0.1, -0.05) is 24.3 Å². The molecule has 6 heteroatoms. The molecule has 0 bridgehead atoms. The van der Waals surface area contributed by atoms with Crippen molar-refractivity contribution < 1.29 is 10.2 Å². The van der Waals surface area contributed by atoms with Crippen molar-refractivity contribution in [3.05, 3.63) is 47.8 Å². The highest BCUT2D eigenvalue weighted by atomic mass is 16.3. The zero-order valence-corrected chi connectivity index (χ0v) is 14.4. The summed E-state index contributed by atoms with van der Waals surface area (Å²) in [5.41, 5.74) is 2.15. The number of aliphatic hydroxyl groups excluding tert-OH is 2. The number of nitrogens with zero attached hydrogens (tertiary/aromatic N) is 3. The van der Waals surface area contributed by atoms with Crippen LogP contribution in [0, 0.1) is 5.92 Å². The Morgan fingerprint density at radius 3 is 2.68 bits per heavy atom. The first-order valence-electron chi connectivity index (χ1n) is 8.89. The number of piperidine rings is 1. The van der Waals surface area contributed by atoms with Crippen LogP contribution >= 0.6 is 0 Å². The minimum atomic E-state index is 0.0792. The topological polar surface area (TPSA) is 81.5 Å². The van der Waals surface area contributed by atoms with Crippen LogP contribution < -0.4 is 10.2 Å². The van der Waals surface area contributed by atoms with E-state index in [1.807, 2.05) is 30.3 Å². The Hall–Kier alpha value is -2.18. The molecule has 1 atom stereocenters. The number of hydrogen-bond donors (Lipinski definition) is 3. The molecule has 1 aliphatic rings. The van der Waals surface area contributed by atoms with E-state index in [0.717, 1.165) is 56.1 Å². The van der Waals surface area contributed by atoms with Crippen molar-refractivity contribution in [1.29, 1.82) is 0 Å². The summed E-state index contributed by atoms with van der Waals surface area (Å²) in [4.78, 5) is 10.9. The van der Waals surface area contributed by atoms with Crippen LogP contribution in [0.25, 0.3) is 0 Å². The van der Waals surface area contributed by atoms with E-state index in [9.17, 15) is 5.11 Å². The molecular formula is C19H26N4O2. The van der Waals surface area contributed by atoms with Gasteiger partial charge in [-0.25, -0.2) is 9.97 Å². The van der Waals surface area contributed by atoms with Crippen LogP contribution in [0.15, 0.2) is 36.7 Å². The van der Waals surface area contributed by atoms with Crippen molar-refractivity contribution in [2.24, 2.45) is 5.92 Å². The van der Waals surface area contributed by atoms with Gasteiger partial charge in [0, 0.05) is 32.3 Å². The van der Waals surface area contributed by atoms with Crippen LogP contribution in [-0.4, -0.2) is 46.4 Å². The maximum Gasteiger partial charge on any atom is 0.134 e. The molecule has 25 heavy (non-hydrogen) atoms. The molecule has 0 aliphatic carbocycles. The van der Waals surface area contributed by atoms with Gasteiger partial charge in [0.15, 0.2) is 0 Å². The maximum atomic E-state index is 9.38. The highest BCUT2D eigenvalue weighted by molar-refractivity contribution is 5.48. The lowest BCUT2D eigenvalue weighted by Crippen LogP contribution is -2.37. The summed E-state index contributed by atoms with van der Waals surface area (Å²) in [5.74, 6) is 2.08. The van der Waals surface area contributed by atoms with Crippen molar-refractivity contribution in [2.75, 3.05) is 36.5 Å². The third-order valence-corrected chi connectivity index (χ3v) is 4.68. The standard InChI is InChI=1S/C19H26N4O2/c24-12-16-5-3-15(4-6-16)7-8-20-18-10-19(22-14-21-18)23-9-1-2-17(11-23)13-25/h3-6,10,14,17,24-25H,1-2,7-9,11-13H2,(H,20,21,22). The molecule has 0 spiro atoms. The molecule has 3 rings (SSSR count). The van der Waals surface area contributed by atoms with E-state index in [2.05, 4.69) is 20.2 Å². The van der Waals surface area contributed by atoms with E-state index in [1.165, 1.54) is 5.56 Å². The third kappa shape index (κ3) is 4.90. The van der Waals surface area contributed by atoms with Gasteiger partial charge in [-0.05, 0) is 36.3 Å². The Morgan fingerprint density at radius 2 is 1.92 bits per heavy atom. The molecule has 0 amide bonds. The maximum absolute atomic E-state index is 9.38. The van der Waals surface area contributed by atoms with Crippen molar-refractivity contribution in [3.63, 3.8) is 0 Å². The number of nitrogens with one attached hydrogen (secondary N) is 1. The summed E-state index contributed by atoms with van der Waals surface area (Å²) in [5, 5.41) is 21.8. The molecule has 1 aliphatic heterocycles. The Kier molecular flexibility index (Phi) is 6.19. The molecule has 1 fully saturated rings. The van der Waals surface area contributed by atoms with Crippen LogP contribution in [0.2, 0.25) is 0 Å². The quantitative estimate of drug-likeness (QED) is 0.712. The van der Waals surface area contributed by atoms with Crippen molar-refractivity contribution in [2.45, 2.75) is 25.9 Å². The first-order chi connectivity index (χ1) is 12.3. The van der Waals surface area contributed by atoms with E-state index < -0.39 is 0 Å². The van der Waals surface area contributed by atoms with Gasteiger partial charge in [-0.2, -0.15) is 0 Å². The van der Waals surface area contributed by atoms with Gasteiger partial charge in [0.05, 0.1) is 6.61 Å². The Balaban J connectivity index is 1.54. The molecule has 3 N–H and O–H groups in total. The second-order valence-corrected chi connectivity index (χ2v) is 6.55. The van der Waals surface area contributed by atoms with Crippen molar-refractivity contribution in [3.8, 4) is 0 Å². The fraction of sp³-hybridized carbons (Fsp3) is 0.474. The predicted molar refractivity (Wildman–Crippen MR) is 98.6 cm³/mol. The number of rotatable bonds is 7. The van der Waals surface area contributed by atoms with Crippen LogP contribution in [0.5, 0.6) is 0 Å². The summed E-state index contributed by atoms with van der Waals surface area (Å²) in [7, 11) is 0. The monoisotopic (exact) mass is 342 g/mol. The fourth-order valence-corrected chi connectivity index (χ4v) is 3.19. The highest BCUT2D eigenvalue weighted by Crippen LogP contribution is 2.22. The zero-order valence-electron chi connectivity index (χ0n) is 14.4. The van der Waals surface area contributed by atoms with Gasteiger partial charge in [0.1, 0.15) is 18.0 Å². The molecule has 0 radical (unpaired) electrons. The van der Waals surface area contributed by atoms with Gasteiger partial charge in [0.2, 0.25) is 0 Å². The molecule has 1 saturated heterocycles. The molecule has 1 aromatic heterocycles. The molecular weight excluding hydrogens is 316 g/mol. The van der Waals surface area contributed by atoms with Gasteiger partial charge < -0.3 is 20.4 Å². The van der Waals surface area contributed by atoms with Crippen LogP contribution in [-0.2, 0) is 13.0 Å². The van der Waals surface area contributed by atoms with Crippen molar-refractivity contribution in [1.82, 2.24) is 9.97 Å². The normalized spacial score (nSPS) is 17.5. The fourth-order valence-electron chi connectivity index (χ4n) is 3.19. The Bertz CT molecular complexity index is 663. The van der Waals surface area contributed by atoms with E-state index in [-0.39, 0.29) is 13.2 Å². The lowest BCUT2D eigenvalue weighted by Gasteiger charge is -2.32. The zero-order chi connectivity index (χ0) is 17.5. The highest BCUT2D eigenvalue weighted by Gasteiger charge is 2.20. The number of anilines is 2.